The van der Waals surface area contributed by atoms with Gasteiger partial charge < -0.3 is 24.6 Å². The Bertz CT molecular complexity index is 498. The van der Waals surface area contributed by atoms with Crippen LogP contribution in [-0.4, -0.2) is 46.7 Å². The zero-order valence-electron chi connectivity index (χ0n) is 12.5. The number of carboxylic acid groups (broad SMARTS) is 1. The number of ether oxygens (including phenoxy) is 1. The molecule has 5 atom stereocenters. The van der Waals surface area contributed by atoms with Crippen molar-refractivity contribution >= 4 is 11.9 Å². The Morgan fingerprint density at radius 1 is 1.52 bits per heavy atom. The molecule has 1 N–H and O–H groups in total. The van der Waals surface area contributed by atoms with Crippen LogP contribution in [0.4, 0.5) is 0 Å². The molecule has 0 bridgehead atoms. The van der Waals surface area contributed by atoms with E-state index in [1.165, 1.54) is 4.90 Å². The van der Waals surface area contributed by atoms with Gasteiger partial charge in [0, 0.05) is 12.5 Å². The van der Waals surface area contributed by atoms with Crippen molar-refractivity contribution < 1.29 is 54.1 Å². The molecule has 0 aromatic heterocycles. The molecule has 2 fully saturated rings. The van der Waals surface area contributed by atoms with Crippen molar-refractivity contribution in [3.05, 3.63) is 11.3 Å². The number of fused-ring (bicyclic) bond motifs is 1. The van der Waals surface area contributed by atoms with Crippen molar-refractivity contribution in [3.63, 3.8) is 0 Å². The molecule has 0 spiro atoms. The molecule has 3 aliphatic rings. The first-order chi connectivity index (χ1) is 9.45. The van der Waals surface area contributed by atoms with Crippen LogP contribution in [0, 0.1) is 11.8 Å². The fourth-order valence-electron chi connectivity index (χ4n) is 3.84. The second kappa shape index (κ2) is 6.01. The van der Waals surface area contributed by atoms with Gasteiger partial charge in [0.15, 0.2) is 0 Å². The van der Waals surface area contributed by atoms with Gasteiger partial charge in [0.05, 0.1) is 35.8 Å². The van der Waals surface area contributed by atoms with E-state index >= 15 is 0 Å². The summed E-state index contributed by atoms with van der Waals surface area (Å²) in [5.41, 5.74) is 0.625. The van der Waals surface area contributed by atoms with Gasteiger partial charge in [0.2, 0.25) is 5.91 Å². The van der Waals surface area contributed by atoms with E-state index in [0.717, 1.165) is 12.8 Å². The van der Waals surface area contributed by atoms with Crippen molar-refractivity contribution in [2.75, 3.05) is 6.61 Å². The average Bonchev–Trinajstić information content (AvgIpc) is 2.93. The Balaban J connectivity index is 0.00000161. The molecule has 1 amide bonds. The summed E-state index contributed by atoms with van der Waals surface area (Å²) >= 11 is 0. The zero-order valence-corrected chi connectivity index (χ0v) is 14.5. The second-order valence-corrected chi connectivity index (χ2v) is 5.85. The molecule has 2 saturated heterocycles. The number of nitrogens with zero attached hydrogens (tertiary/aromatic N) is 1. The summed E-state index contributed by atoms with van der Waals surface area (Å²) in [4.78, 5) is 24.8. The van der Waals surface area contributed by atoms with Gasteiger partial charge in [0.25, 0.3) is 0 Å². The summed E-state index contributed by atoms with van der Waals surface area (Å²) in [6.07, 6.45) is 0.633. The maximum absolute atomic E-state index is 12.1. The van der Waals surface area contributed by atoms with Crippen LogP contribution in [0.5, 0.6) is 0 Å². The van der Waals surface area contributed by atoms with E-state index < -0.39 is 18.0 Å². The maximum Gasteiger partial charge on any atom is 1.00 e. The van der Waals surface area contributed by atoms with Crippen molar-refractivity contribution in [1.29, 1.82) is 0 Å². The number of β-lactam (4-membered cyclic amide) rings is 1. The van der Waals surface area contributed by atoms with E-state index in [9.17, 15) is 19.8 Å². The minimum absolute atomic E-state index is 0. The Labute approximate surface area is 145 Å². The van der Waals surface area contributed by atoms with Crippen LogP contribution in [-0.2, 0) is 14.3 Å². The number of carbonyl (C=O) groups excluding carboxylic acids is 2. The van der Waals surface area contributed by atoms with Crippen molar-refractivity contribution in [2.24, 2.45) is 11.8 Å². The first kappa shape index (κ1) is 17.0. The van der Waals surface area contributed by atoms with E-state index in [-0.39, 0.29) is 59.2 Å². The predicted octanol–water partition coefficient (Wildman–Crippen LogP) is -3.97. The third-order valence-electron chi connectivity index (χ3n) is 4.70. The quantitative estimate of drug-likeness (QED) is 0.424. The number of aliphatic carboxylic acids is 1. The summed E-state index contributed by atoms with van der Waals surface area (Å²) in [5.74, 6) is -2.31. The Morgan fingerprint density at radius 3 is 2.67 bits per heavy atom. The number of hydrogen-bond acceptors (Lipinski definition) is 5. The topological polar surface area (TPSA) is 89.9 Å². The molecule has 3 rings (SSSR count). The number of carboxylic acids is 1. The molecule has 3 heterocycles. The number of rotatable bonds is 3. The number of amides is 1. The molecule has 6 nitrogen and oxygen atoms in total. The van der Waals surface area contributed by atoms with Gasteiger partial charge in [0.1, 0.15) is 0 Å². The monoisotopic (exact) mass is 303 g/mol. The number of hydrogen-bond donors (Lipinski definition) is 1. The minimum Gasteiger partial charge on any atom is -0.543 e. The molecule has 7 heteroatoms. The van der Waals surface area contributed by atoms with E-state index in [2.05, 4.69) is 0 Å². The van der Waals surface area contributed by atoms with Gasteiger partial charge >= 0.3 is 29.6 Å². The van der Waals surface area contributed by atoms with Crippen LogP contribution in [0.15, 0.2) is 11.3 Å². The van der Waals surface area contributed by atoms with Crippen LogP contribution in [0.2, 0.25) is 0 Å². The third-order valence-corrected chi connectivity index (χ3v) is 4.70. The maximum atomic E-state index is 12.1. The molecule has 0 radical (unpaired) electrons. The Kier molecular flexibility index (Phi) is 4.85. The van der Waals surface area contributed by atoms with E-state index in [1.54, 1.807) is 6.92 Å². The van der Waals surface area contributed by atoms with Crippen molar-refractivity contribution in [1.82, 2.24) is 4.90 Å². The number of carbonyl (C=O) groups is 2. The van der Waals surface area contributed by atoms with E-state index in [4.69, 9.17) is 4.74 Å². The summed E-state index contributed by atoms with van der Waals surface area (Å²) < 4.78 is 5.59. The molecular weight excluding hydrogens is 285 g/mol. The van der Waals surface area contributed by atoms with Gasteiger partial charge in [-0.2, -0.15) is 0 Å². The molecule has 3 aliphatic heterocycles. The fraction of sp³-hybridized carbons (Fsp3) is 0.714. The fourth-order valence-corrected chi connectivity index (χ4v) is 3.84. The SMILES string of the molecule is C[C@@H](O)[C@H]1C(=O)N2C(C(=O)[O-])=C([C@@H]3CCCO3)[C@H](C)[C@H]12.[Na+]. The number of aliphatic hydroxyl groups excluding tert-OH is 1. The average molecular weight is 303 g/mol. The summed E-state index contributed by atoms with van der Waals surface area (Å²) in [6.45, 7) is 4.07. The first-order valence-electron chi connectivity index (χ1n) is 7.03. The Hall–Kier alpha value is -0.400. The minimum atomic E-state index is -1.33. The van der Waals surface area contributed by atoms with Gasteiger partial charge in [-0.3, -0.25) is 4.79 Å². The van der Waals surface area contributed by atoms with Gasteiger partial charge in [-0.05, 0) is 25.3 Å². The van der Waals surface area contributed by atoms with Crippen LogP contribution in [0.25, 0.3) is 0 Å². The van der Waals surface area contributed by atoms with Crippen LogP contribution >= 0.6 is 0 Å². The van der Waals surface area contributed by atoms with Gasteiger partial charge in [-0.1, -0.05) is 6.92 Å². The van der Waals surface area contributed by atoms with Crippen LogP contribution in [0.3, 0.4) is 0 Å². The van der Waals surface area contributed by atoms with Crippen LogP contribution < -0.4 is 34.7 Å². The van der Waals surface area contributed by atoms with E-state index in [0.29, 0.717) is 12.2 Å². The largest absolute Gasteiger partial charge is 1.00 e. The third kappa shape index (κ3) is 2.37. The molecule has 0 aromatic carbocycles. The summed E-state index contributed by atoms with van der Waals surface area (Å²) in [5, 5.41) is 21.2. The predicted molar refractivity (Wildman–Crippen MR) is 66.0 cm³/mol. The first-order valence-corrected chi connectivity index (χ1v) is 7.03. The molecule has 0 unspecified atom stereocenters. The smallest absolute Gasteiger partial charge is 0.543 e. The molecular formula is C14H18NNaO5. The summed E-state index contributed by atoms with van der Waals surface area (Å²) in [7, 11) is 0. The van der Waals surface area contributed by atoms with Crippen LogP contribution in [0.1, 0.15) is 26.7 Å². The van der Waals surface area contributed by atoms with Crippen molar-refractivity contribution in [3.8, 4) is 0 Å². The molecule has 110 valence electrons. The second-order valence-electron chi connectivity index (χ2n) is 5.85. The Morgan fingerprint density at radius 2 is 2.19 bits per heavy atom. The zero-order chi connectivity index (χ0) is 14.6. The molecule has 0 saturated carbocycles. The number of aliphatic hydroxyl groups is 1. The molecule has 21 heavy (non-hydrogen) atoms. The summed E-state index contributed by atoms with van der Waals surface area (Å²) in [6, 6.07) is -0.283. The van der Waals surface area contributed by atoms with E-state index in [1.807, 2.05) is 6.92 Å². The van der Waals surface area contributed by atoms with Gasteiger partial charge in [-0.25, -0.2) is 0 Å². The standard InChI is InChI=1S/C14H19NO5.Na/c1-6-9(8-4-3-5-20-8)12(14(18)19)15-11(6)10(7(2)16)13(15)17;/h6-8,10-11,16H,3-5H2,1-2H3,(H,18,19);/q;+1/p-1/t6-,7+,8-,10+,11+;/m0./s1. The molecule has 0 aliphatic carbocycles. The van der Waals surface area contributed by atoms with Gasteiger partial charge in [-0.15, -0.1) is 0 Å². The normalized spacial score (nSPS) is 36.1. The molecule has 0 aromatic rings. The van der Waals surface area contributed by atoms with Crippen molar-refractivity contribution in [2.45, 2.75) is 44.9 Å².